The van der Waals surface area contributed by atoms with Crippen LogP contribution in [-0.4, -0.2) is 5.11 Å². The Labute approximate surface area is 118 Å². The van der Waals surface area contributed by atoms with Crippen molar-refractivity contribution in [1.29, 1.82) is 0 Å². The minimum atomic E-state index is -0.141. The molecule has 1 aromatic rings. The van der Waals surface area contributed by atoms with E-state index >= 15 is 0 Å². The van der Waals surface area contributed by atoms with Crippen molar-refractivity contribution < 1.29 is 5.11 Å². The molecule has 0 radical (unpaired) electrons. The van der Waals surface area contributed by atoms with E-state index in [1.165, 1.54) is 12.8 Å². The molecule has 0 bridgehead atoms. The van der Waals surface area contributed by atoms with Gasteiger partial charge in [0.15, 0.2) is 0 Å². The number of phenolic OH excluding ortho intramolecular Hbond substituents is 1. The fourth-order valence-electron chi connectivity index (χ4n) is 2.39. The number of aromatic hydroxyl groups is 1. The molecule has 0 aromatic heterocycles. The van der Waals surface area contributed by atoms with Gasteiger partial charge in [0.1, 0.15) is 10.8 Å². The summed E-state index contributed by atoms with van der Waals surface area (Å²) in [6.45, 7) is 0. The summed E-state index contributed by atoms with van der Waals surface area (Å²) in [5, 5.41) is 10.5. The van der Waals surface area contributed by atoms with Crippen molar-refractivity contribution in [2.45, 2.75) is 31.7 Å². The molecule has 0 saturated heterocycles. The number of halogens is 3. The van der Waals surface area contributed by atoms with Gasteiger partial charge in [-0.1, -0.05) is 42.1 Å². The van der Waals surface area contributed by atoms with Gasteiger partial charge in [0, 0.05) is 11.6 Å². The lowest BCUT2D eigenvalue weighted by atomic mass is 9.92. The van der Waals surface area contributed by atoms with E-state index in [0.29, 0.717) is 16.5 Å². The maximum Gasteiger partial charge on any atom is 0.140 e. The minimum absolute atomic E-state index is 0. The standard InChI is InChI=1S/C12H15Cl2NO.ClH/c13-9-6-5-8(12(16)10(9)14)11(15)7-3-1-2-4-7;/h5-7,11,16H,1-4,15H2;1H/t11-;/m1./s1. The molecule has 0 amide bonds. The summed E-state index contributed by atoms with van der Waals surface area (Å²) < 4.78 is 0. The molecule has 0 unspecified atom stereocenters. The van der Waals surface area contributed by atoms with Gasteiger partial charge in [-0.05, 0) is 24.8 Å². The van der Waals surface area contributed by atoms with Crippen LogP contribution in [0.15, 0.2) is 12.1 Å². The molecule has 2 rings (SSSR count). The van der Waals surface area contributed by atoms with Crippen molar-refractivity contribution in [3.05, 3.63) is 27.7 Å². The molecule has 0 heterocycles. The SMILES string of the molecule is Cl.N[C@@H](c1ccc(Cl)c(Cl)c1O)C1CCCC1. The average Bonchev–Trinajstić information content (AvgIpc) is 2.79. The molecule has 1 aliphatic rings. The molecule has 1 saturated carbocycles. The highest BCUT2D eigenvalue weighted by atomic mass is 35.5. The number of rotatable bonds is 2. The van der Waals surface area contributed by atoms with Gasteiger partial charge in [0.25, 0.3) is 0 Å². The van der Waals surface area contributed by atoms with Gasteiger partial charge in [0.2, 0.25) is 0 Å². The lowest BCUT2D eigenvalue weighted by molar-refractivity contribution is 0.412. The van der Waals surface area contributed by atoms with Gasteiger partial charge in [0.05, 0.1) is 5.02 Å². The van der Waals surface area contributed by atoms with Gasteiger partial charge < -0.3 is 10.8 Å². The van der Waals surface area contributed by atoms with Crippen LogP contribution in [0.25, 0.3) is 0 Å². The van der Waals surface area contributed by atoms with Crippen molar-refractivity contribution >= 4 is 35.6 Å². The number of hydrogen-bond acceptors (Lipinski definition) is 2. The quantitative estimate of drug-likeness (QED) is 0.854. The van der Waals surface area contributed by atoms with Crippen molar-refractivity contribution in [2.24, 2.45) is 11.7 Å². The van der Waals surface area contributed by atoms with E-state index in [2.05, 4.69) is 0 Å². The van der Waals surface area contributed by atoms with E-state index in [4.69, 9.17) is 28.9 Å². The van der Waals surface area contributed by atoms with Crippen LogP contribution in [0.4, 0.5) is 0 Å². The Morgan fingerprint density at radius 3 is 2.41 bits per heavy atom. The second-order valence-corrected chi connectivity index (χ2v) is 5.15. The van der Waals surface area contributed by atoms with Crippen LogP contribution in [0.2, 0.25) is 10.0 Å². The molecular formula is C12H16Cl3NO. The zero-order chi connectivity index (χ0) is 11.7. The van der Waals surface area contributed by atoms with E-state index in [0.717, 1.165) is 12.8 Å². The van der Waals surface area contributed by atoms with Crippen LogP contribution in [0, 0.1) is 5.92 Å². The highest BCUT2D eigenvalue weighted by Gasteiger charge is 2.26. The van der Waals surface area contributed by atoms with Crippen molar-refractivity contribution in [3.63, 3.8) is 0 Å². The number of hydrogen-bond donors (Lipinski definition) is 2. The smallest absolute Gasteiger partial charge is 0.140 e. The first kappa shape index (κ1) is 14.9. The largest absolute Gasteiger partial charge is 0.506 e. The van der Waals surface area contributed by atoms with Crippen molar-refractivity contribution in [2.75, 3.05) is 0 Å². The Morgan fingerprint density at radius 1 is 1.24 bits per heavy atom. The molecule has 1 aliphatic carbocycles. The summed E-state index contributed by atoms with van der Waals surface area (Å²) in [7, 11) is 0. The van der Waals surface area contributed by atoms with E-state index in [1.807, 2.05) is 0 Å². The fourth-order valence-corrected chi connectivity index (χ4v) is 2.72. The first-order valence-corrected chi connectivity index (χ1v) is 6.29. The molecule has 17 heavy (non-hydrogen) atoms. The van der Waals surface area contributed by atoms with Gasteiger partial charge in [-0.15, -0.1) is 12.4 Å². The van der Waals surface area contributed by atoms with Crippen LogP contribution >= 0.6 is 35.6 Å². The van der Waals surface area contributed by atoms with Crippen LogP contribution < -0.4 is 5.73 Å². The van der Waals surface area contributed by atoms with E-state index in [-0.39, 0.29) is 29.2 Å². The number of nitrogens with two attached hydrogens (primary N) is 1. The molecule has 1 fully saturated rings. The molecular weight excluding hydrogens is 280 g/mol. The molecule has 1 aromatic carbocycles. The summed E-state index contributed by atoms with van der Waals surface area (Å²) in [6, 6.07) is 3.32. The summed E-state index contributed by atoms with van der Waals surface area (Å²) >= 11 is 11.7. The normalized spacial score (nSPS) is 17.8. The van der Waals surface area contributed by atoms with Gasteiger partial charge in [-0.2, -0.15) is 0 Å². The summed E-state index contributed by atoms with van der Waals surface area (Å²) in [5.74, 6) is 0.483. The third-order valence-corrected chi connectivity index (χ3v) is 4.16. The van der Waals surface area contributed by atoms with Crippen molar-refractivity contribution in [1.82, 2.24) is 0 Å². The summed E-state index contributed by atoms with van der Waals surface area (Å²) in [6.07, 6.45) is 4.70. The predicted molar refractivity (Wildman–Crippen MR) is 74.3 cm³/mol. The first-order valence-electron chi connectivity index (χ1n) is 5.53. The molecule has 0 aliphatic heterocycles. The molecule has 5 heteroatoms. The monoisotopic (exact) mass is 295 g/mol. The fraction of sp³-hybridized carbons (Fsp3) is 0.500. The topological polar surface area (TPSA) is 46.2 Å². The molecule has 3 N–H and O–H groups in total. The Bertz CT molecular complexity index is 392. The third kappa shape index (κ3) is 3.00. The lowest BCUT2D eigenvalue weighted by Gasteiger charge is -2.20. The van der Waals surface area contributed by atoms with E-state index < -0.39 is 0 Å². The molecule has 2 nitrogen and oxygen atoms in total. The molecule has 96 valence electrons. The first-order chi connectivity index (χ1) is 7.61. The Hall–Kier alpha value is -0.150. The van der Waals surface area contributed by atoms with Gasteiger partial charge >= 0.3 is 0 Å². The maximum absolute atomic E-state index is 9.91. The predicted octanol–water partition coefficient (Wildman–Crippen LogP) is 4.31. The van der Waals surface area contributed by atoms with Gasteiger partial charge in [-0.25, -0.2) is 0 Å². The average molecular weight is 297 g/mol. The Kier molecular flexibility index (Phi) is 5.39. The summed E-state index contributed by atoms with van der Waals surface area (Å²) in [4.78, 5) is 0. The Balaban J connectivity index is 0.00000144. The van der Waals surface area contributed by atoms with E-state index in [1.54, 1.807) is 12.1 Å². The minimum Gasteiger partial charge on any atom is -0.506 e. The van der Waals surface area contributed by atoms with Crippen LogP contribution in [0.5, 0.6) is 5.75 Å². The van der Waals surface area contributed by atoms with Crippen LogP contribution in [0.1, 0.15) is 37.3 Å². The Morgan fingerprint density at radius 2 is 1.82 bits per heavy atom. The summed E-state index contributed by atoms with van der Waals surface area (Å²) in [5.41, 5.74) is 6.87. The van der Waals surface area contributed by atoms with Crippen LogP contribution in [0.3, 0.4) is 0 Å². The lowest BCUT2D eigenvalue weighted by Crippen LogP contribution is -2.19. The van der Waals surface area contributed by atoms with E-state index in [9.17, 15) is 5.11 Å². The third-order valence-electron chi connectivity index (χ3n) is 3.37. The number of phenols is 1. The number of benzene rings is 1. The highest BCUT2D eigenvalue weighted by molar-refractivity contribution is 6.43. The zero-order valence-electron chi connectivity index (χ0n) is 9.33. The molecule has 0 spiro atoms. The van der Waals surface area contributed by atoms with Crippen molar-refractivity contribution in [3.8, 4) is 5.75 Å². The highest BCUT2D eigenvalue weighted by Crippen LogP contribution is 2.41. The zero-order valence-corrected chi connectivity index (χ0v) is 11.7. The second kappa shape index (κ2) is 6.14. The van der Waals surface area contributed by atoms with Gasteiger partial charge in [-0.3, -0.25) is 0 Å². The van der Waals surface area contributed by atoms with Crippen LogP contribution in [-0.2, 0) is 0 Å². The second-order valence-electron chi connectivity index (χ2n) is 4.37. The maximum atomic E-state index is 9.91. The molecule has 1 atom stereocenters.